The Morgan fingerprint density at radius 3 is 2.50 bits per heavy atom. The minimum Gasteiger partial charge on any atom is -0.322 e. The third kappa shape index (κ3) is 3.27. The van der Waals surface area contributed by atoms with Gasteiger partial charge in [0, 0.05) is 17.7 Å². The maximum atomic E-state index is 13.6. The van der Waals surface area contributed by atoms with Crippen LogP contribution in [0.4, 0.5) is 18.9 Å². The van der Waals surface area contributed by atoms with Crippen LogP contribution in [-0.2, 0) is 14.8 Å². The maximum Gasteiger partial charge on any atom is 0.263 e. The molecule has 0 fully saturated rings. The number of carbonyl (C=O) groups is 1. The van der Waals surface area contributed by atoms with E-state index < -0.39 is 45.1 Å². The van der Waals surface area contributed by atoms with E-state index in [1.165, 1.54) is 19.1 Å². The molecule has 3 rings (SSSR count). The van der Waals surface area contributed by atoms with Crippen molar-refractivity contribution in [1.82, 2.24) is 4.72 Å². The third-order valence-electron chi connectivity index (χ3n) is 3.63. The van der Waals surface area contributed by atoms with Gasteiger partial charge in [0.25, 0.3) is 10.0 Å². The number of nitrogens with one attached hydrogen (secondary N) is 2. The Bertz CT molecular complexity index is 1040. The van der Waals surface area contributed by atoms with Gasteiger partial charge < -0.3 is 5.32 Å². The van der Waals surface area contributed by atoms with Crippen molar-refractivity contribution >= 4 is 27.5 Å². The number of aliphatic imine (C=N–C) groups is 1. The molecule has 2 aromatic carbocycles. The summed E-state index contributed by atoms with van der Waals surface area (Å²) in [6, 6.07) is 5.75. The van der Waals surface area contributed by atoms with Gasteiger partial charge in [-0.05, 0) is 19.1 Å². The summed E-state index contributed by atoms with van der Waals surface area (Å²) in [5, 5.41) is 2.09. The van der Waals surface area contributed by atoms with Crippen molar-refractivity contribution in [3.63, 3.8) is 0 Å². The highest BCUT2D eigenvalue weighted by Crippen LogP contribution is 2.23. The second-order valence-electron chi connectivity index (χ2n) is 5.49. The number of rotatable bonds is 3. The average Bonchev–Trinajstić information content (AvgIpc) is 2.83. The first-order chi connectivity index (χ1) is 12.2. The number of carbonyl (C=O) groups excluding carboxylic acids is 1. The molecule has 10 heteroatoms. The fourth-order valence-electron chi connectivity index (χ4n) is 2.34. The number of fused-ring (bicyclic) bond motifs is 1. The van der Waals surface area contributed by atoms with Crippen LogP contribution in [-0.4, -0.2) is 26.2 Å². The van der Waals surface area contributed by atoms with Crippen LogP contribution in [0.5, 0.6) is 0 Å². The zero-order chi connectivity index (χ0) is 19.1. The van der Waals surface area contributed by atoms with Crippen LogP contribution in [0.1, 0.15) is 12.5 Å². The van der Waals surface area contributed by atoms with Gasteiger partial charge in [0.2, 0.25) is 5.91 Å². The molecular weight excluding hydrogens is 371 g/mol. The molecule has 0 aliphatic carbocycles. The van der Waals surface area contributed by atoms with Crippen LogP contribution >= 0.6 is 0 Å². The molecule has 0 radical (unpaired) electrons. The van der Waals surface area contributed by atoms with Crippen molar-refractivity contribution in [2.75, 3.05) is 5.32 Å². The Morgan fingerprint density at radius 1 is 1.12 bits per heavy atom. The Balaban J connectivity index is 1.85. The van der Waals surface area contributed by atoms with Gasteiger partial charge in [-0.3, -0.25) is 14.5 Å². The fraction of sp³-hybridized carbons (Fsp3) is 0.125. The number of halogens is 3. The summed E-state index contributed by atoms with van der Waals surface area (Å²) in [5.41, 5.74) is -0.250. The van der Waals surface area contributed by atoms with E-state index in [0.29, 0.717) is 17.7 Å². The van der Waals surface area contributed by atoms with Crippen molar-refractivity contribution in [1.29, 1.82) is 0 Å². The first-order valence-electron chi connectivity index (χ1n) is 7.34. The van der Waals surface area contributed by atoms with Gasteiger partial charge in [-0.15, -0.1) is 0 Å². The van der Waals surface area contributed by atoms with Crippen molar-refractivity contribution in [2.45, 2.75) is 17.9 Å². The highest BCUT2D eigenvalue weighted by Gasteiger charge is 2.31. The van der Waals surface area contributed by atoms with Crippen molar-refractivity contribution in [2.24, 2.45) is 4.99 Å². The lowest BCUT2D eigenvalue weighted by atomic mass is 10.2. The molecule has 1 atom stereocenters. The summed E-state index contributed by atoms with van der Waals surface area (Å²) in [4.78, 5) is 16.2. The van der Waals surface area contributed by atoms with Crippen LogP contribution < -0.4 is 10.0 Å². The van der Waals surface area contributed by atoms with Crippen molar-refractivity contribution in [3.8, 4) is 0 Å². The van der Waals surface area contributed by atoms with Crippen LogP contribution in [0.3, 0.4) is 0 Å². The molecule has 1 aliphatic rings. The second-order valence-corrected chi connectivity index (χ2v) is 7.14. The molecule has 2 N–H and O–H groups in total. The predicted molar refractivity (Wildman–Crippen MR) is 87.7 cm³/mol. The summed E-state index contributed by atoms with van der Waals surface area (Å²) in [7, 11) is -3.77. The number of sulfonamides is 1. The van der Waals surface area contributed by atoms with E-state index in [9.17, 15) is 26.4 Å². The Kier molecular flexibility index (Phi) is 4.45. The Hall–Kier alpha value is -2.88. The SMILES string of the molecule is C[C@H](N=C1NS(=O)(=O)c2ccccc21)C(=O)Nc1cc(F)c(F)cc1F. The van der Waals surface area contributed by atoms with Gasteiger partial charge >= 0.3 is 0 Å². The van der Waals surface area contributed by atoms with Gasteiger partial charge in [0.1, 0.15) is 17.7 Å². The van der Waals surface area contributed by atoms with Crippen LogP contribution in [0, 0.1) is 17.5 Å². The second kappa shape index (κ2) is 6.45. The van der Waals surface area contributed by atoms with Crippen molar-refractivity contribution < 1.29 is 26.4 Å². The van der Waals surface area contributed by atoms with Crippen LogP contribution in [0.25, 0.3) is 0 Å². The maximum absolute atomic E-state index is 13.6. The highest BCUT2D eigenvalue weighted by atomic mass is 32.2. The van der Waals surface area contributed by atoms with E-state index in [1.807, 2.05) is 0 Å². The van der Waals surface area contributed by atoms with E-state index in [4.69, 9.17) is 0 Å². The molecule has 0 spiro atoms. The summed E-state index contributed by atoms with van der Waals surface area (Å²) in [6.07, 6.45) is 0. The Morgan fingerprint density at radius 2 is 1.77 bits per heavy atom. The molecule has 6 nitrogen and oxygen atoms in total. The number of amidine groups is 1. The largest absolute Gasteiger partial charge is 0.322 e. The molecular formula is C16H12F3N3O3S. The normalized spacial score (nSPS) is 17.5. The zero-order valence-electron chi connectivity index (χ0n) is 13.3. The van der Waals surface area contributed by atoms with Gasteiger partial charge in [-0.2, -0.15) is 0 Å². The number of anilines is 1. The lowest BCUT2D eigenvalue weighted by Crippen LogP contribution is -2.29. The van der Waals surface area contributed by atoms with Gasteiger partial charge in [0.05, 0.1) is 10.6 Å². The van der Waals surface area contributed by atoms with Crippen LogP contribution in [0.15, 0.2) is 46.3 Å². The molecule has 1 amide bonds. The molecule has 0 bridgehead atoms. The topological polar surface area (TPSA) is 87.6 Å². The molecule has 0 unspecified atom stereocenters. The smallest absolute Gasteiger partial charge is 0.263 e. The molecule has 1 aliphatic heterocycles. The fourth-order valence-corrected chi connectivity index (χ4v) is 3.58. The predicted octanol–water partition coefficient (Wildman–Crippen LogP) is 2.17. The Labute approximate surface area is 146 Å². The van der Waals surface area contributed by atoms with Gasteiger partial charge in [0.15, 0.2) is 11.6 Å². The number of amides is 1. The van der Waals surface area contributed by atoms with E-state index in [0.717, 1.165) is 0 Å². The number of benzene rings is 2. The quantitative estimate of drug-likeness (QED) is 0.797. The minimum atomic E-state index is -3.77. The van der Waals surface area contributed by atoms with Crippen molar-refractivity contribution in [3.05, 3.63) is 59.4 Å². The first-order valence-corrected chi connectivity index (χ1v) is 8.83. The number of nitrogens with zero attached hydrogens (tertiary/aromatic N) is 1. The minimum absolute atomic E-state index is 0.0259. The van der Waals surface area contributed by atoms with E-state index >= 15 is 0 Å². The van der Waals surface area contributed by atoms with Crippen LogP contribution in [0.2, 0.25) is 0 Å². The monoisotopic (exact) mass is 383 g/mol. The molecule has 2 aromatic rings. The standard InChI is InChI=1S/C16H12F3N3O3S/c1-8(16(23)21-13-7-11(18)10(17)6-12(13)19)20-15-9-4-2-3-5-14(9)26(24,25)22-15/h2-8H,1H3,(H,20,22)(H,21,23)/t8-/m0/s1. The van der Waals surface area contributed by atoms with Gasteiger partial charge in [-0.1, -0.05) is 12.1 Å². The molecule has 26 heavy (non-hydrogen) atoms. The van der Waals surface area contributed by atoms with E-state index in [1.54, 1.807) is 12.1 Å². The zero-order valence-corrected chi connectivity index (χ0v) is 14.1. The van der Waals surface area contributed by atoms with Gasteiger partial charge in [-0.25, -0.2) is 21.6 Å². The van der Waals surface area contributed by atoms with E-state index in [-0.39, 0.29) is 10.7 Å². The van der Waals surface area contributed by atoms with E-state index in [2.05, 4.69) is 15.0 Å². The summed E-state index contributed by atoms with van der Waals surface area (Å²) in [6.45, 7) is 1.34. The molecule has 1 heterocycles. The molecule has 136 valence electrons. The summed E-state index contributed by atoms with van der Waals surface area (Å²) >= 11 is 0. The molecule has 0 saturated heterocycles. The first kappa shape index (κ1) is 17.9. The third-order valence-corrected chi connectivity index (χ3v) is 5.03. The molecule has 0 aromatic heterocycles. The summed E-state index contributed by atoms with van der Waals surface area (Å²) in [5.74, 6) is -4.71. The average molecular weight is 383 g/mol. The summed E-state index contributed by atoms with van der Waals surface area (Å²) < 4.78 is 66.0. The molecule has 0 saturated carbocycles. The number of hydrogen-bond donors (Lipinski definition) is 2. The lowest BCUT2D eigenvalue weighted by molar-refractivity contribution is -0.117. The number of hydrogen-bond acceptors (Lipinski definition) is 4. The highest BCUT2D eigenvalue weighted by molar-refractivity contribution is 7.90. The lowest BCUT2D eigenvalue weighted by Gasteiger charge is -2.11.